The first-order valence-corrected chi connectivity index (χ1v) is 15.2. The van der Waals surface area contributed by atoms with Crippen LogP contribution in [0.5, 0.6) is 0 Å². The maximum absolute atomic E-state index is 13.8. The summed E-state index contributed by atoms with van der Waals surface area (Å²) in [6.07, 6.45) is 12.0. The maximum Gasteiger partial charge on any atom is 0.123 e. The average molecular weight is 534 g/mol. The van der Waals surface area contributed by atoms with Gasteiger partial charge in [0.1, 0.15) is 25.4 Å². The molecule has 0 saturated heterocycles. The molecule has 0 spiro atoms. The number of anilines is 2. The Morgan fingerprint density at radius 1 is 1.24 bits per heavy atom. The fraction of sp³-hybridized carbons (Fsp3) is 0.308. The van der Waals surface area contributed by atoms with Gasteiger partial charge < -0.3 is 10.6 Å². The summed E-state index contributed by atoms with van der Waals surface area (Å²) in [4.78, 5) is 4.44. The maximum atomic E-state index is 13.8. The van der Waals surface area contributed by atoms with Crippen molar-refractivity contribution in [3.05, 3.63) is 76.5 Å². The van der Waals surface area contributed by atoms with E-state index in [9.17, 15) is 9.65 Å². The summed E-state index contributed by atoms with van der Waals surface area (Å²) in [6, 6.07) is 12.1. The minimum atomic E-state index is -1.33. The number of nitriles is 1. The van der Waals surface area contributed by atoms with Gasteiger partial charge in [0.25, 0.3) is 0 Å². The number of nitrogens with zero attached hydrogens (tertiary/aromatic N) is 5. The number of nitrogens with one attached hydrogen (secondary N) is 2. The Morgan fingerprint density at radius 3 is 2.62 bits per heavy atom. The van der Waals surface area contributed by atoms with Crippen LogP contribution in [0.1, 0.15) is 35.7 Å². The van der Waals surface area contributed by atoms with E-state index in [2.05, 4.69) is 50.8 Å². The molecule has 1 fully saturated rings. The van der Waals surface area contributed by atoms with Crippen molar-refractivity contribution < 1.29 is 4.39 Å². The minimum Gasteiger partial charge on any atom is -0.378 e. The van der Waals surface area contributed by atoms with Crippen LogP contribution in [0.25, 0.3) is 10.9 Å². The third kappa shape index (κ3) is 5.24. The molecule has 0 amide bonds. The third-order valence-electron chi connectivity index (χ3n) is 6.20. The summed E-state index contributed by atoms with van der Waals surface area (Å²) in [7, 11) is 6.09. The zero-order valence-corrected chi connectivity index (χ0v) is 22.4. The van der Waals surface area contributed by atoms with Crippen LogP contribution in [0, 0.1) is 17.1 Å². The summed E-state index contributed by atoms with van der Waals surface area (Å²) < 4.78 is 15.6. The first-order chi connectivity index (χ1) is 17.6. The van der Waals surface area contributed by atoms with Crippen LogP contribution in [0.15, 0.2) is 48.8 Å². The Hall–Kier alpha value is -3.29. The van der Waals surface area contributed by atoms with Crippen molar-refractivity contribution in [3.8, 4) is 6.07 Å². The highest BCUT2D eigenvalue weighted by atomic mass is 35.5. The first kappa shape index (κ1) is 25.4. The molecule has 1 saturated carbocycles. The van der Waals surface area contributed by atoms with Crippen molar-refractivity contribution in [1.82, 2.24) is 20.0 Å². The highest BCUT2D eigenvalue weighted by molar-refractivity contribution is 8.32. The fourth-order valence-electron chi connectivity index (χ4n) is 4.10. The molecule has 11 heteroatoms. The largest absolute Gasteiger partial charge is 0.378 e. The number of hydrogen-bond acceptors (Lipinski definition) is 6. The molecule has 188 valence electrons. The van der Waals surface area contributed by atoms with Crippen LogP contribution in [0.4, 0.5) is 15.8 Å². The summed E-state index contributed by atoms with van der Waals surface area (Å²) in [6.45, 7) is 0. The normalized spacial score (nSPS) is 15.7. The van der Waals surface area contributed by atoms with E-state index in [0.717, 1.165) is 18.7 Å². The van der Waals surface area contributed by atoms with Crippen LogP contribution in [-0.4, -0.2) is 52.5 Å². The van der Waals surface area contributed by atoms with Gasteiger partial charge in [-0.1, -0.05) is 28.9 Å². The Morgan fingerprint density at radius 2 is 1.97 bits per heavy atom. The number of hydrogen-bond donors (Lipinski definition) is 2. The third-order valence-corrected chi connectivity index (χ3v) is 7.50. The van der Waals surface area contributed by atoms with Gasteiger partial charge in [-0.2, -0.15) is 5.26 Å². The van der Waals surface area contributed by atoms with Crippen molar-refractivity contribution in [2.45, 2.75) is 24.3 Å². The van der Waals surface area contributed by atoms with E-state index in [1.54, 1.807) is 18.2 Å². The molecule has 1 unspecified atom stereocenters. The summed E-state index contributed by atoms with van der Waals surface area (Å²) in [5.74, 6) is 0.352. The van der Waals surface area contributed by atoms with Crippen LogP contribution in [0.3, 0.4) is 0 Å². The van der Waals surface area contributed by atoms with Crippen molar-refractivity contribution >= 4 is 51.8 Å². The molecule has 1 aliphatic carbocycles. The Kier molecular flexibility index (Phi) is 6.54. The van der Waals surface area contributed by atoms with Crippen LogP contribution < -0.4 is 10.6 Å². The van der Waals surface area contributed by atoms with Crippen molar-refractivity contribution in [2.24, 2.45) is 0 Å². The number of halogens is 2. The number of benzene rings is 2. The lowest BCUT2D eigenvalue weighted by Crippen LogP contribution is -2.37. The Balaban J connectivity index is 1.62. The van der Waals surface area contributed by atoms with Crippen molar-refractivity contribution in [3.63, 3.8) is 0 Å². The van der Waals surface area contributed by atoms with Gasteiger partial charge in [-0.15, -0.1) is 5.10 Å². The van der Waals surface area contributed by atoms with Gasteiger partial charge in [-0.3, -0.25) is 4.98 Å². The molecule has 4 aromatic rings. The molecular weight excluding hydrogens is 508 g/mol. The van der Waals surface area contributed by atoms with Crippen LogP contribution in [0.2, 0.25) is 5.02 Å². The summed E-state index contributed by atoms with van der Waals surface area (Å²) in [5.41, 5.74) is 2.02. The minimum absolute atomic E-state index is 0.322. The monoisotopic (exact) mass is 533 g/mol. The van der Waals surface area contributed by atoms with Crippen LogP contribution in [-0.2, 0) is 5.44 Å². The van der Waals surface area contributed by atoms with E-state index in [-0.39, 0.29) is 5.82 Å². The standard InChI is InChI=1S/C26H26BClFN7S/c1-37(2,3)15-32-24-16(12-30)13-31-25-21(24)10-19(11-22(25)28)33-26(27,17-4-6-18(29)7-5-17)23-14-36(35-34-23)20-8-9-20/h4-7,10-11,13-14,20,33H,8-9,15H2,1-3H3,(H,31,32). The van der Waals surface area contributed by atoms with E-state index in [4.69, 9.17) is 19.4 Å². The van der Waals surface area contributed by atoms with E-state index in [1.165, 1.54) is 18.3 Å². The molecule has 2 aromatic carbocycles. The predicted molar refractivity (Wildman–Crippen MR) is 150 cm³/mol. The van der Waals surface area contributed by atoms with Gasteiger partial charge in [0.05, 0.1) is 39.5 Å². The van der Waals surface area contributed by atoms with Gasteiger partial charge >= 0.3 is 0 Å². The van der Waals surface area contributed by atoms with Gasteiger partial charge in [-0.05, 0) is 61.4 Å². The number of aromatic nitrogens is 4. The second kappa shape index (κ2) is 9.55. The second-order valence-electron chi connectivity index (χ2n) is 10.2. The fourth-order valence-corrected chi connectivity index (χ4v) is 4.94. The van der Waals surface area contributed by atoms with Gasteiger partial charge in [0.2, 0.25) is 0 Å². The molecule has 37 heavy (non-hydrogen) atoms. The van der Waals surface area contributed by atoms with Gasteiger partial charge in [0.15, 0.2) is 0 Å². The predicted octanol–water partition coefficient (Wildman–Crippen LogP) is 5.37. The van der Waals surface area contributed by atoms with Gasteiger partial charge in [0, 0.05) is 23.1 Å². The zero-order valence-electron chi connectivity index (χ0n) is 20.8. The summed E-state index contributed by atoms with van der Waals surface area (Å²) >= 11 is 6.68. The quantitative estimate of drug-likeness (QED) is 0.296. The highest BCUT2D eigenvalue weighted by Crippen LogP contribution is 2.40. The second-order valence-corrected chi connectivity index (χ2v) is 15.1. The average Bonchev–Trinajstić information content (AvgIpc) is 3.58. The summed E-state index contributed by atoms with van der Waals surface area (Å²) in [5, 5.41) is 26.3. The number of rotatable bonds is 8. The smallest absolute Gasteiger partial charge is 0.123 e. The molecule has 7 nitrogen and oxygen atoms in total. The van der Waals surface area contributed by atoms with E-state index >= 15 is 0 Å². The Bertz CT molecular complexity index is 1510. The molecule has 2 N–H and O–H groups in total. The molecular formula is C26H26BClFN7S. The molecule has 2 aromatic heterocycles. The number of pyridine rings is 1. The highest BCUT2D eigenvalue weighted by Gasteiger charge is 2.34. The molecule has 2 radical (unpaired) electrons. The lowest BCUT2D eigenvalue weighted by atomic mass is 9.69. The van der Waals surface area contributed by atoms with Crippen LogP contribution >= 0.6 is 21.6 Å². The molecule has 0 aliphatic heterocycles. The Labute approximate surface area is 223 Å². The SMILES string of the molecule is [B]C(Nc1cc(Cl)c2ncc(C#N)c(NCS(C)(C)C)c2c1)(c1ccc(F)cc1)c1cn(C2CC2)nn1. The van der Waals surface area contributed by atoms with E-state index in [0.29, 0.717) is 50.2 Å². The molecule has 2 heterocycles. The molecule has 0 bridgehead atoms. The van der Waals surface area contributed by atoms with Gasteiger partial charge in [-0.25, -0.2) is 19.1 Å². The van der Waals surface area contributed by atoms with E-state index in [1.807, 2.05) is 16.9 Å². The topological polar surface area (TPSA) is 91.5 Å². The van der Waals surface area contributed by atoms with Crippen molar-refractivity contribution in [1.29, 1.82) is 5.26 Å². The van der Waals surface area contributed by atoms with Crippen molar-refractivity contribution in [2.75, 3.05) is 35.3 Å². The molecule has 1 atom stereocenters. The zero-order chi connectivity index (χ0) is 26.4. The lowest BCUT2D eigenvalue weighted by Gasteiger charge is -2.32. The first-order valence-electron chi connectivity index (χ1n) is 11.7. The number of fused-ring (bicyclic) bond motifs is 1. The molecule has 1 aliphatic rings. The molecule has 5 rings (SSSR count). The lowest BCUT2D eigenvalue weighted by molar-refractivity contribution is 0.610. The van der Waals surface area contributed by atoms with E-state index < -0.39 is 15.5 Å².